The van der Waals surface area contributed by atoms with Crippen LogP contribution in [0.15, 0.2) is 0 Å². The molecule has 0 spiro atoms. The van der Waals surface area contributed by atoms with E-state index in [1.165, 1.54) is 0 Å². The summed E-state index contributed by atoms with van der Waals surface area (Å²) in [6.07, 6.45) is 0. The first-order chi connectivity index (χ1) is 2.56. The smallest absolute Gasteiger partial charge is 0.264 e. The Hall–Kier alpha value is 0.740. The number of hydrogen-bond acceptors (Lipinski definition) is 3. The van der Waals surface area contributed by atoms with E-state index in [9.17, 15) is 8.42 Å². The highest BCUT2D eigenvalue weighted by molar-refractivity contribution is 7.80. The fourth-order valence-corrected chi connectivity index (χ4v) is 0. The summed E-state index contributed by atoms with van der Waals surface area (Å²) in [6.45, 7) is 0. The Morgan fingerprint density at radius 1 is 1.22 bits per heavy atom. The predicted octanol–water partition coefficient (Wildman–Crippen LogP) is 0.701. The van der Waals surface area contributed by atoms with Crippen LogP contribution in [0.5, 0.6) is 0 Å². The van der Waals surface area contributed by atoms with Gasteiger partial charge >= 0.3 is 10.4 Å². The lowest BCUT2D eigenvalue weighted by Crippen LogP contribution is -1.96. The van der Waals surface area contributed by atoms with Crippen LogP contribution < -0.4 is 0 Å². The first-order valence-electron chi connectivity index (χ1n) is 1.09. The number of halogens is 3. The van der Waals surface area contributed by atoms with Crippen molar-refractivity contribution in [3.63, 3.8) is 0 Å². The van der Waals surface area contributed by atoms with Crippen molar-refractivity contribution in [2.45, 2.75) is 0 Å². The zero-order chi connectivity index (χ0) is 5.21. The monoisotopic (exact) mass is 220 g/mol. The fraction of sp³-hybridized carbons (Fsp3) is 1.00. The summed E-state index contributed by atoms with van der Waals surface area (Å²) >= 11 is 0. The minimum absolute atomic E-state index is 0. The van der Waals surface area contributed by atoms with Crippen LogP contribution in [0.2, 0.25) is 0 Å². The molecule has 1 N–H and O–H groups in total. The van der Waals surface area contributed by atoms with Crippen molar-refractivity contribution in [3.05, 3.63) is 0 Å². The van der Waals surface area contributed by atoms with Crippen molar-refractivity contribution >= 4 is 47.6 Å². The van der Waals surface area contributed by atoms with E-state index in [-0.39, 0.29) is 37.2 Å². The Balaban J connectivity index is -0.0000000417. The molecule has 0 rings (SSSR count). The van der Waals surface area contributed by atoms with Gasteiger partial charge in [-0.2, -0.15) is 8.42 Å². The largest absolute Gasteiger partial charge is 0.397 e. The molecule has 0 aromatic rings. The quantitative estimate of drug-likeness (QED) is 0.662. The van der Waals surface area contributed by atoms with Crippen LogP contribution in [0.3, 0.4) is 0 Å². The van der Waals surface area contributed by atoms with Gasteiger partial charge in [0.15, 0.2) is 0 Å². The van der Waals surface area contributed by atoms with Crippen molar-refractivity contribution in [2.75, 3.05) is 7.11 Å². The first kappa shape index (κ1) is 22.6. The molecule has 0 unspecified atom stereocenters. The van der Waals surface area contributed by atoms with Crippen LogP contribution in [-0.2, 0) is 14.6 Å². The minimum atomic E-state index is -4.16. The molecule has 0 amide bonds. The zero-order valence-corrected chi connectivity index (χ0v) is 7.57. The molecule has 0 aromatic heterocycles. The third kappa shape index (κ3) is 28.4. The van der Waals surface area contributed by atoms with Gasteiger partial charge in [0.05, 0.1) is 7.11 Å². The van der Waals surface area contributed by atoms with Crippen molar-refractivity contribution in [1.82, 2.24) is 0 Å². The Morgan fingerprint density at radius 2 is 1.33 bits per heavy atom. The van der Waals surface area contributed by atoms with E-state index in [1.807, 2.05) is 0 Å². The highest BCUT2D eigenvalue weighted by atomic mass is 35.5. The molecule has 0 saturated carbocycles. The van der Waals surface area contributed by atoms with E-state index in [0.29, 0.717) is 0 Å². The molecule has 0 aliphatic rings. The van der Waals surface area contributed by atoms with Gasteiger partial charge in [-0.1, -0.05) is 0 Å². The summed E-state index contributed by atoms with van der Waals surface area (Å²) in [5.41, 5.74) is 0. The zero-order valence-electron chi connectivity index (χ0n) is 4.30. The van der Waals surface area contributed by atoms with E-state index in [2.05, 4.69) is 4.18 Å². The molecular formula is CH7Cl3O4S. The van der Waals surface area contributed by atoms with E-state index < -0.39 is 10.4 Å². The van der Waals surface area contributed by atoms with Gasteiger partial charge in [-0.05, 0) is 0 Å². The SMILES string of the molecule is COS(=O)(=O)O.Cl.Cl.Cl. The average molecular weight is 221 g/mol. The van der Waals surface area contributed by atoms with E-state index in [1.54, 1.807) is 0 Å². The van der Waals surface area contributed by atoms with Crippen LogP contribution in [0.25, 0.3) is 0 Å². The van der Waals surface area contributed by atoms with Crippen LogP contribution in [0, 0.1) is 0 Å². The molecule has 0 radical (unpaired) electrons. The maximum Gasteiger partial charge on any atom is 0.397 e. The summed E-state index contributed by atoms with van der Waals surface area (Å²) in [7, 11) is -3.29. The second kappa shape index (κ2) is 8.74. The molecule has 0 aliphatic heterocycles. The van der Waals surface area contributed by atoms with Gasteiger partial charge in [0.2, 0.25) is 0 Å². The molecule has 62 valence electrons. The summed E-state index contributed by atoms with van der Waals surface area (Å²) in [5, 5.41) is 0. The molecule has 0 saturated heterocycles. The molecule has 0 atom stereocenters. The molecular weight excluding hydrogens is 214 g/mol. The maximum atomic E-state index is 9.33. The Labute approximate surface area is 72.1 Å². The molecule has 4 nitrogen and oxygen atoms in total. The molecule has 0 aliphatic carbocycles. The topological polar surface area (TPSA) is 63.6 Å². The van der Waals surface area contributed by atoms with E-state index in [0.717, 1.165) is 7.11 Å². The average Bonchev–Trinajstić information content (AvgIpc) is 1.35. The Morgan fingerprint density at radius 3 is 1.33 bits per heavy atom. The minimum Gasteiger partial charge on any atom is -0.264 e. The van der Waals surface area contributed by atoms with Gasteiger partial charge in [0.25, 0.3) is 0 Å². The Bertz CT molecular complexity index is 118. The van der Waals surface area contributed by atoms with Gasteiger partial charge in [0.1, 0.15) is 0 Å². The summed E-state index contributed by atoms with van der Waals surface area (Å²) in [5.74, 6) is 0. The van der Waals surface area contributed by atoms with Crippen molar-refractivity contribution in [1.29, 1.82) is 0 Å². The fourth-order valence-electron chi connectivity index (χ4n) is 0. The third-order valence-corrected chi connectivity index (χ3v) is 0.632. The highest BCUT2D eigenvalue weighted by Gasteiger charge is 1.93. The van der Waals surface area contributed by atoms with Gasteiger partial charge in [0, 0.05) is 0 Å². The number of rotatable bonds is 1. The lowest BCUT2D eigenvalue weighted by Gasteiger charge is -1.82. The van der Waals surface area contributed by atoms with Crippen molar-refractivity contribution in [3.8, 4) is 0 Å². The molecule has 8 heteroatoms. The summed E-state index contributed by atoms with van der Waals surface area (Å²) in [4.78, 5) is 0. The van der Waals surface area contributed by atoms with Crippen LogP contribution in [-0.4, -0.2) is 20.1 Å². The molecule has 0 heterocycles. The molecule has 0 fully saturated rings. The van der Waals surface area contributed by atoms with Gasteiger partial charge in [-0.25, -0.2) is 0 Å². The van der Waals surface area contributed by atoms with Gasteiger partial charge in [-0.3, -0.25) is 8.74 Å². The van der Waals surface area contributed by atoms with Crippen LogP contribution >= 0.6 is 37.2 Å². The maximum absolute atomic E-state index is 9.33. The molecule has 0 aromatic carbocycles. The van der Waals surface area contributed by atoms with Crippen molar-refractivity contribution in [2.24, 2.45) is 0 Å². The lowest BCUT2D eigenvalue weighted by atomic mass is 11.8. The summed E-state index contributed by atoms with van der Waals surface area (Å²) in [6, 6.07) is 0. The van der Waals surface area contributed by atoms with E-state index >= 15 is 0 Å². The van der Waals surface area contributed by atoms with Crippen LogP contribution in [0.1, 0.15) is 0 Å². The molecule has 9 heavy (non-hydrogen) atoms. The summed E-state index contributed by atoms with van der Waals surface area (Å²) < 4.78 is 29.7. The van der Waals surface area contributed by atoms with Crippen molar-refractivity contribution < 1.29 is 17.2 Å². The number of hydrogen-bond donors (Lipinski definition) is 1. The first-order valence-corrected chi connectivity index (χ1v) is 2.46. The molecule has 0 bridgehead atoms. The van der Waals surface area contributed by atoms with Gasteiger partial charge in [-0.15, -0.1) is 37.2 Å². The van der Waals surface area contributed by atoms with E-state index in [4.69, 9.17) is 4.55 Å². The second-order valence-electron chi connectivity index (χ2n) is 0.594. The normalized spacial score (nSPS) is 7.78. The third-order valence-electron chi connectivity index (χ3n) is 0.211. The Kier molecular flexibility index (Phi) is 21.9. The predicted molar refractivity (Wildman–Crippen MR) is 40.3 cm³/mol. The van der Waals surface area contributed by atoms with Gasteiger partial charge < -0.3 is 0 Å². The second-order valence-corrected chi connectivity index (χ2v) is 1.78. The van der Waals surface area contributed by atoms with Crippen LogP contribution in [0.4, 0.5) is 0 Å². The highest BCUT2D eigenvalue weighted by Crippen LogP contribution is 1.74. The lowest BCUT2D eigenvalue weighted by molar-refractivity contribution is 0.324. The standard InChI is InChI=1S/CH4O4S.3ClH/c1-5-6(2,3)4;;;/h1H3,(H,2,3,4);3*1H.